The Bertz CT molecular complexity index is 1180. The van der Waals surface area contributed by atoms with Crippen molar-refractivity contribution in [2.24, 2.45) is 0 Å². The molecule has 1 aliphatic rings. The minimum Gasteiger partial charge on any atom is -0.491 e. The first-order chi connectivity index (χ1) is 15.8. The maximum absolute atomic E-state index is 5.79. The van der Waals surface area contributed by atoms with Crippen LogP contribution in [0.15, 0.2) is 65.7 Å². The van der Waals surface area contributed by atoms with Crippen LogP contribution in [-0.4, -0.2) is 53.3 Å². The second kappa shape index (κ2) is 9.03. The summed E-state index contributed by atoms with van der Waals surface area (Å²) in [6, 6.07) is 11.6. The third-order valence-electron chi connectivity index (χ3n) is 5.11. The normalized spacial score (nSPS) is 13.7. The summed E-state index contributed by atoms with van der Waals surface area (Å²) in [4.78, 5) is 20.1. The Hall–Kier alpha value is -3.98. The number of rotatable bonds is 6. The summed E-state index contributed by atoms with van der Waals surface area (Å²) in [6.07, 6.45) is 6.63. The van der Waals surface area contributed by atoms with E-state index in [1.165, 1.54) is 0 Å². The Kier molecular flexibility index (Phi) is 5.63. The van der Waals surface area contributed by atoms with E-state index in [1.54, 1.807) is 32.0 Å². The highest BCUT2D eigenvalue weighted by molar-refractivity contribution is 5.79. The van der Waals surface area contributed by atoms with Gasteiger partial charge in [-0.05, 0) is 24.3 Å². The Morgan fingerprint density at radius 1 is 1.00 bits per heavy atom. The molecule has 1 aliphatic heterocycles. The molecule has 9 heteroatoms. The van der Waals surface area contributed by atoms with Gasteiger partial charge in [0.15, 0.2) is 11.6 Å². The molecule has 0 radical (unpaired) electrons. The quantitative estimate of drug-likeness (QED) is 0.490. The average Bonchev–Trinajstić information content (AvgIpc) is 3.40. The number of ether oxygens (including phenoxy) is 2. The number of hydrogen-bond acceptors (Lipinski definition) is 9. The van der Waals surface area contributed by atoms with Gasteiger partial charge in [-0.2, -0.15) is 4.98 Å². The summed E-state index contributed by atoms with van der Waals surface area (Å²) in [5, 5.41) is 3.35. The average molecular weight is 430 g/mol. The molecule has 0 atom stereocenters. The largest absolute Gasteiger partial charge is 0.491 e. The van der Waals surface area contributed by atoms with Crippen LogP contribution in [-0.2, 0) is 4.74 Å². The number of aromatic nitrogens is 4. The van der Waals surface area contributed by atoms with Crippen LogP contribution in [0.4, 0.5) is 17.5 Å². The molecule has 4 heterocycles. The summed E-state index contributed by atoms with van der Waals surface area (Å²) in [5.74, 6) is 2.28. The number of nitrogens with zero attached hydrogens (tertiary/aromatic N) is 5. The number of pyridine rings is 1. The van der Waals surface area contributed by atoms with Crippen LogP contribution in [0.2, 0.25) is 0 Å². The van der Waals surface area contributed by atoms with Crippen LogP contribution >= 0.6 is 0 Å². The standard InChI is InChI=1S/C23H22N6O3/c1-30-20-19(16-3-2-4-17(15-16)22-25-9-12-32-22)27-23(29-10-13-31-14-11-29)28-21(20)26-18-5-7-24-8-6-18/h2-9,12,15H,10-11,13-14H2,1H3,(H,24,26,27,28). The maximum atomic E-state index is 5.79. The van der Waals surface area contributed by atoms with Crippen molar-refractivity contribution < 1.29 is 13.9 Å². The fourth-order valence-electron chi connectivity index (χ4n) is 3.55. The highest BCUT2D eigenvalue weighted by atomic mass is 16.5. The molecular formula is C23H22N6O3. The molecule has 0 bridgehead atoms. The molecule has 9 nitrogen and oxygen atoms in total. The van der Waals surface area contributed by atoms with Gasteiger partial charge in [0.05, 0.1) is 26.5 Å². The lowest BCUT2D eigenvalue weighted by Gasteiger charge is -2.28. The highest BCUT2D eigenvalue weighted by Crippen LogP contribution is 2.38. The van der Waals surface area contributed by atoms with Crippen LogP contribution in [0, 0.1) is 0 Å². The number of anilines is 3. The summed E-state index contributed by atoms with van der Waals surface area (Å²) in [5.41, 5.74) is 3.25. The molecule has 1 saturated heterocycles. The highest BCUT2D eigenvalue weighted by Gasteiger charge is 2.22. The van der Waals surface area contributed by atoms with Gasteiger partial charge < -0.3 is 24.1 Å². The van der Waals surface area contributed by atoms with Crippen LogP contribution < -0.4 is 15.0 Å². The van der Waals surface area contributed by atoms with E-state index in [4.69, 9.17) is 23.9 Å². The lowest BCUT2D eigenvalue weighted by Crippen LogP contribution is -2.37. The van der Waals surface area contributed by atoms with Gasteiger partial charge in [0.25, 0.3) is 0 Å². The van der Waals surface area contributed by atoms with Crippen LogP contribution in [0.25, 0.3) is 22.7 Å². The van der Waals surface area contributed by atoms with Crippen LogP contribution in [0.1, 0.15) is 0 Å². The molecule has 0 aliphatic carbocycles. The Morgan fingerprint density at radius 3 is 2.56 bits per heavy atom. The minimum absolute atomic E-state index is 0.545. The van der Waals surface area contributed by atoms with Gasteiger partial charge in [-0.15, -0.1) is 0 Å². The van der Waals surface area contributed by atoms with Gasteiger partial charge in [-0.1, -0.05) is 12.1 Å². The van der Waals surface area contributed by atoms with Crippen LogP contribution in [0.5, 0.6) is 5.75 Å². The fourth-order valence-corrected chi connectivity index (χ4v) is 3.55. The van der Waals surface area contributed by atoms with E-state index in [1.807, 2.05) is 36.4 Å². The summed E-state index contributed by atoms with van der Waals surface area (Å²) in [7, 11) is 1.62. The number of nitrogens with one attached hydrogen (secondary N) is 1. The monoisotopic (exact) mass is 430 g/mol. The van der Waals surface area contributed by atoms with E-state index in [0.29, 0.717) is 42.3 Å². The molecule has 1 fully saturated rings. The third-order valence-corrected chi connectivity index (χ3v) is 5.11. The minimum atomic E-state index is 0.545. The first-order valence-electron chi connectivity index (χ1n) is 10.3. The predicted octanol–water partition coefficient (Wildman–Crippen LogP) is 3.78. The zero-order valence-electron chi connectivity index (χ0n) is 17.6. The summed E-state index contributed by atoms with van der Waals surface area (Å²) in [6.45, 7) is 2.71. The number of hydrogen-bond donors (Lipinski definition) is 1. The molecule has 32 heavy (non-hydrogen) atoms. The van der Waals surface area contributed by atoms with Crippen molar-refractivity contribution in [3.05, 3.63) is 61.3 Å². The first kappa shape index (κ1) is 20.0. The molecule has 0 saturated carbocycles. The third kappa shape index (κ3) is 4.10. The van der Waals surface area contributed by atoms with E-state index < -0.39 is 0 Å². The van der Waals surface area contributed by atoms with Crippen molar-refractivity contribution >= 4 is 17.5 Å². The number of oxazole rings is 1. The second-order valence-corrected chi connectivity index (χ2v) is 7.13. The van der Waals surface area contributed by atoms with Crippen molar-refractivity contribution in [2.75, 3.05) is 43.6 Å². The molecule has 4 aromatic rings. The first-order valence-corrected chi connectivity index (χ1v) is 10.3. The lowest BCUT2D eigenvalue weighted by molar-refractivity contribution is 0.122. The fraction of sp³-hybridized carbons (Fsp3) is 0.217. The van der Waals surface area contributed by atoms with Crippen molar-refractivity contribution in [3.8, 4) is 28.5 Å². The smallest absolute Gasteiger partial charge is 0.228 e. The molecular weight excluding hydrogens is 408 g/mol. The maximum Gasteiger partial charge on any atom is 0.228 e. The van der Waals surface area contributed by atoms with E-state index in [9.17, 15) is 0 Å². The molecule has 5 rings (SSSR count). The molecule has 1 N–H and O–H groups in total. The Balaban J connectivity index is 1.63. The van der Waals surface area contributed by atoms with Crippen LogP contribution in [0.3, 0.4) is 0 Å². The molecule has 162 valence electrons. The summed E-state index contributed by atoms with van der Waals surface area (Å²) >= 11 is 0. The number of benzene rings is 1. The van der Waals surface area contributed by atoms with Gasteiger partial charge in [0.1, 0.15) is 12.0 Å². The number of methoxy groups -OCH3 is 1. The van der Waals surface area contributed by atoms with Gasteiger partial charge >= 0.3 is 0 Å². The molecule has 0 unspecified atom stereocenters. The number of morpholine rings is 1. The molecule has 0 amide bonds. The molecule has 0 spiro atoms. The zero-order valence-corrected chi connectivity index (χ0v) is 17.6. The predicted molar refractivity (Wildman–Crippen MR) is 120 cm³/mol. The Morgan fingerprint density at radius 2 is 1.81 bits per heavy atom. The van der Waals surface area contributed by atoms with Crippen molar-refractivity contribution in [1.29, 1.82) is 0 Å². The summed E-state index contributed by atoms with van der Waals surface area (Å²) < 4.78 is 16.8. The zero-order chi connectivity index (χ0) is 21.8. The van der Waals surface area contributed by atoms with Crippen molar-refractivity contribution in [2.45, 2.75) is 0 Å². The molecule has 1 aromatic carbocycles. The van der Waals surface area contributed by atoms with E-state index in [-0.39, 0.29) is 0 Å². The van der Waals surface area contributed by atoms with Gasteiger partial charge in [-0.3, -0.25) is 4.98 Å². The van der Waals surface area contributed by atoms with Gasteiger partial charge in [0, 0.05) is 42.3 Å². The Labute approximate surface area is 185 Å². The van der Waals surface area contributed by atoms with Gasteiger partial charge in [-0.25, -0.2) is 9.97 Å². The van der Waals surface area contributed by atoms with Crippen molar-refractivity contribution in [3.63, 3.8) is 0 Å². The van der Waals surface area contributed by atoms with E-state index >= 15 is 0 Å². The SMILES string of the molecule is COc1c(Nc2ccncc2)nc(N2CCOCC2)nc1-c1cccc(-c2ncco2)c1. The second-order valence-electron chi connectivity index (χ2n) is 7.13. The molecule has 3 aromatic heterocycles. The van der Waals surface area contributed by atoms with E-state index in [2.05, 4.69) is 20.2 Å². The topological polar surface area (TPSA) is 98.4 Å². The van der Waals surface area contributed by atoms with Crippen molar-refractivity contribution in [1.82, 2.24) is 19.9 Å². The lowest BCUT2D eigenvalue weighted by atomic mass is 10.1. The van der Waals surface area contributed by atoms with E-state index in [0.717, 1.165) is 29.9 Å². The van der Waals surface area contributed by atoms with Gasteiger partial charge in [0.2, 0.25) is 11.8 Å².